The van der Waals surface area contributed by atoms with E-state index in [-0.39, 0.29) is 6.54 Å². The van der Waals surface area contributed by atoms with E-state index in [4.69, 9.17) is 0 Å². The molecule has 0 atom stereocenters. The molecule has 0 amide bonds. The summed E-state index contributed by atoms with van der Waals surface area (Å²) in [6.07, 6.45) is 1.82. The Bertz CT molecular complexity index is 816. The van der Waals surface area contributed by atoms with E-state index in [1.807, 2.05) is 37.4 Å². The first-order valence-corrected chi connectivity index (χ1v) is 6.59. The van der Waals surface area contributed by atoms with Gasteiger partial charge in [-0.05, 0) is 30.7 Å². The molecular weight excluding hydrogens is 272 g/mol. The van der Waals surface area contributed by atoms with Crippen LogP contribution in [0, 0.1) is 18.6 Å². The highest BCUT2D eigenvalue weighted by atomic mass is 19.1. The van der Waals surface area contributed by atoms with Gasteiger partial charge in [0.15, 0.2) is 5.78 Å². The number of aryl methyl sites for hydroxylation is 1. The number of hydrogen-bond donors (Lipinski definition) is 0. The molecule has 0 aliphatic rings. The number of hydrogen-bond acceptors (Lipinski definition) is 1. The maximum absolute atomic E-state index is 13.7. The topological polar surface area (TPSA) is 22.0 Å². The third-order valence-electron chi connectivity index (χ3n) is 3.54. The van der Waals surface area contributed by atoms with Crippen LogP contribution in [0.1, 0.15) is 15.9 Å². The van der Waals surface area contributed by atoms with Crippen molar-refractivity contribution >= 4 is 16.7 Å². The van der Waals surface area contributed by atoms with Crippen LogP contribution in [-0.2, 0) is 6.54 Å². The molecule has 0 fully saturated rings. The van der Waals surface area contributed by atoms with Crippen molar-refractivity contribution in [2.24, 2.45) is 0 Å². The van der Waals surface area contributed by atoms with Crippen molar-refractivity contribution in [3.05, 3.63) is 71.4 Å². The van der Waals surface area contributed by atoms with Crippen molar-refractivity contribution in [2.45, 2.75) is 13.5 Å². The lowest BCUT2D eigenvalue weighted by Crippen LogP contribution is -2.13. The van der Waals surface area contributed by atoms with E-state index < -0.39 is 23.0 Å². The molecule has 3 aromatic rings. The molecule has 2 nitrogen and oxygen atoms in total. The Balaban J connectivity index is 2.01. The second-order valence-electron chi connectivity index (χ2n) is 4.98. The van der Waals surface area contributed by atoms with Crippen molar-refractivity contribution in [1.82, 2.24) is 4.57 Å². The minimum absolute atomic E-state index is 0.0911. The summed E-state index contributed by atoms with van der Waals surface area (Å²) in [6, 6.07) is 11.1. The quantitative estimate of drug-likeness (QED) is 0.664. The molecule has 0 bridgehead atoms. The van der Waals surface area contributed by atoms with Crippen LogP contribution in [0.5, 0.6) is 0 Å². The van der Waals surface area contributed by atoms with Crippen LogP contribution in [0.25, 0.3) is 10.9 Å². The number of rotatable bonds is 3. The summed E-state index contributed by atoms with van der Waals surface area (Å²) in [4.78, 5) is 12.2. The summed E-state index contributed by atoms with van der Waals surface area (Å²) in [5.41, 5.74) is 1.42. The van der Waals surface area contributed by atoms with Crippen LogP contribution in [0.4, 0.5) is 8.78 Å². The van der Waals surface area contributed by atoms with Gasteiger partial charge in [-0.25, -0.2) is 8.78 Å². The van der Waals surface area contributed by atoms with Crippen molar-refractivity contribution in [1.29, 1.82) is 0 Å². The third kappa shape index (κ3) is 2.33. The first-order valence-electron chi connectivity index (χ1n) is 6.59. The van der Waals surface area contributed by atoms with Gasteiger partial charge in [-0.1, -0.05) is 24.3 Å². The SMILES string of the molecule is Cc1cn(CC(=O)c2c(F)cccc2F)c2ccccc12. The minimum Gasteiger partial charge on any atom is -0.339 e. The van der Waals surface area contributed by atoms with Gasteiger partial charge in [0.1, 0.15) is 11.6 Å². The molecular formula is C17H13F2NO. The van der Waals surface area contributed by atoms with Crippen LogP contribution < -0.4 is 0 Å². The van der Waals surface area contributed by atoms with Crippen molar-refractivity contribution < 1.29 is 13.6 Å². The number of carbonyl (C=O) groups is 1. The molecule has 21 heavy (non-hydrogen) atoms. The number of Topliss-reactive ketones (excluding diaryl/α,β-unsaturated/α-hetero) is 1. The standard InChI is InChI=1S/C17H13F2NO/c1-11-9-20(15-8-3-2-5-12(11)15)10-16(21)17-13(18)6-4-7-14(17)19/h2-9H,10H2,1H3. The number of fused-ring (bicyclic) bond motifs is 1. The molecule has 0 saturated heterocycles. The Morgan fingerprint density at radius 1 is 1.05 bits per heavy atom. The predicted molar refractivity (Wildman–Crippen MR) is 77.4 cm³/mol. The molecule has 1 heterocycles. The average molecular weight is 285 g/mol. The van der Waals surface area contributed by atoms with Crippen LogP contribution in [0.2, 0.25) is 0 Å². The lowest BCUT2D eigenvalue weighted by atomic mass is 10.1. The van der Waals surface area contributed by atoms with Gasteiger partial charge in [0.2, 0.25) is 0 Å². The van der Waals surface area contributed by atoms with Gasteiger partial charge in [-0.2, -0.15) is 0 Å². The summed E-state index contributed by atoms with van der Waals surface area (Å²) in [7, 11) is 0. The summed E-state index contributed by atoms with van der Waals surface area (Å²) in [5.74, 6) is -2.23. The van der Waals surface area contributed by atoms with Crippen molar-refractivity contribution in [2.75, 3.05) is 0 Å². The van der Waals surface area contributed by atoms with Crippen molar-refractivity contribution in [3.8, 4) is 0 Å². The molecule has 106 valence electrons. The normalized spacial score (nSPS) is 11.0. The molecule has 0 saturated carbocycles. The zero-order chi connectivity index (χ0) is 15.0. The van der Waals surface area contributed by atoms with Crippen LogP contribution in [0.15, 0.2) is 48.7 Å². The van der Waals surface area contributed by atoms with E-state index in [2.05, 4.69) is 0 Å². The summed E-state index contributed by atoms with van der Waals surface area (Å²) < 4.78 is 29.0. The summed E-state index contributed by atoms with van der Waals surface area (Å²) in [6.45, 7) is 1.85. The number of nitrogens with zero attached hydrogens (tertiary/aromatic N) is 1. The van der Waals surface area contributed by atoms with E-state index in [1.54, 1.807) is 4.57 Å². The molecule has 3 rings (SSSR count). The average Bonchev–Trinajstić information content (AvgIpc) is 2.76. The van der Waals surface area contributed by atoms with Gasteiger partial charge in [-0.3, -0.25) is 4.79 Å². The lowest BCUT2D eigenvalue weighted by Gasteiger charge is -2.06. The fraction of sp³-hybridized carbons (Fsp3) is 0.118. The number of halogens is 2. The molecule has 0 N–H and O–H groups in total. The molecule has 0 unspecified atom stereocenters. The van der Waals surface area contributed by atoms with Crippen LogP contribution in [0.3, 0.4) is 0 Å². The molecule has 0 spiro atoms. The zero-order valence-corrected chi connectivity index (χ0v) is 11.4. The Kier molecular flexibility index (Phi) is 3.29. The molecule has 0 aliphatic heterocycles. The summed E-state index contributed by atoms with van der Waals surface area (Å²) >= 11 is 0. The highest BCUT2D eigenvalue weighted by molar-refractivity contribution is 5.97. The van der Waals surface area contributed by atoms with Gasteiger partial charge < -0.3 is 4.57 Å². The number of carbonyl (C=O) groups excluding carboxylic acids is 1. The first kappa shape index (κ1) is 13.5. The highest BCUT2D eigenvalue weighted by Crippen LogP contribution is 2.21. The zero-order valence-electron chi connectivity index (χ0n) is 11.4. The van der Waals surface area contributed by atoms with E-state index in [0.717, 1.165) is 28.6 Å². The second kappa shape index (κ2) is 5.13. The molecule has 0 aliphatic carbocycles. The number of ketones is 1. The van der Waals surface area contributed by atoms with Gasteiger partial charge in [-0.15, -0.1) is 0 Å². The first-order chi connectivity index (χ1) is 10.1. The Morgan fingerprint density at radius 3 is 2.43 bits per heavy atom. The van der Waals surface area contributed by atoms with Crippen LogP contribution in [-0.4, -0.2) is 10.4 Å². The lowest BCUT2D eigenvalue weighted by molar-refractivity contribution is 0.0965. The van der Waals surface area contributed by atoms with Gasteiger partial charge >= 0.3 is 0 Å². The third-order valence-corrected chi connectivity index (χ3v) is 3.54. The van der Waals surface area contributed by atoms with Crippen LogP contribution >= 0.6 is 0 Å². The number of aromatic nitrogens is 1. The fourth-order valence-electron chi connectivity index (χ4n) is 2.56. The highest BCUT2D eigenvalue weighted by Gasteiger charge is 2.18. The van der Waals surface area contributed by atoms with E-state index >= 15 is 0 Å². The van der Waals surface area contributed by atoms with E-state index in [9.17, 15) is 13.6 Å². The monoisotopic (exact) mass is 285 g/mol. The second-order valence-corrected chi connectivity index (χ2v) is 4.98. The number of para-hydroxylation sites is 1. The van der Waals surface area contributed by atoms with Gasteiger partial charge in [0.25, 0.3) is 0 Å². The van der Waals surface area contributed by atoms with Crippen molar-refractivity contribution in [3.63, 3.8) is 0 Å². The Labute approximate surface area is 120 Å². The fourth-order valence-corrected chi connectivity index (χ4v) is 2.56. The van der Waals surface area contributed by atoms with Gasteiger partial charge in [0.05, 0.1) is 12.1 Å². The molecule has 1 aromatic heterocycles. The molecule has 4 heteroatoms. The minimum atomic E-state index is -0.826. The van der Waals surface area contributed by atoms with Gasteiger partial charge in [0, 0.05) is 17.1 Å². The summed E-state index contributed by atoms with van der Waals surface area (Å²) in [5, 5.41) is 1.03. The smallest absolute Gasteiger partial charge is 0.188 e. The van der Waals surface area contributed by atoms with E-state index in [0.29, 0.717) is 0 Å². The number of benzene rings is 2. The van der Waals surface area contributed by atoms with E-state index in [1.165, 1.54) is 6.07 Å². The largest absolute Gasteiger partial charge is 0.339 e. The maximum Gasteiger partial charge on any atom is 0.188 e. The predicted octanol–water partition coefficient (Wildman–Crippen LogP) is 4.11. The molecule has 0 radical (unpaired) electrons. The Morgan fingerprint density at radius 2 is 1.71 bits per heavy atom. The Hall–Kier alpha value is -2.49. The maximum atomic E-state index is 13.7. The molecule has 2 aromatic carbocycles.